The van der Waals surface area contributed by atoms with Crippen LogP contribution in [0.1, 0.15) is 26.7 Å². The molecule has 2 fully saturated rings. The van der Waals surface area contributed by atoms with Gasteiger partial charge in [0, 0.05) is 13.2 Å². The second-order valence-electron chi connectivity index (χ2n) is 4.86. The highest BCUT2D eigenvalue weighted by molar-refractivity contribution is 5.82. The standard InChI is InChI=1S/C11H19NO3/c1-11(2)8-14-7-5-12(11)10(13)9-4-3-6-15-9/h9H,3-8H2,1-2H3/t9-/m0/s1. The summed E-state index contributed by atoms with van der Waals surface area (Å²) in [5.41, 5.74) is -0.193. The van der Waals surface area contributed by atoms with E-state index in [9.17, 15) is 4.79 Å². The maximum atomic E-state index is 12.2. The lowest BCUT2D eigenvalue weighted by Gasteiger charge is -2.43. The van der Waals surface area contributed by atoms with Gasteiger partial charge in [-0.1, -0.05) is 0 Å². The number of rotatable bonds is 1. The Morgan fingerprint density at radius 2 is 2.20 bits per heavy atom. The lowest BCUT2D eigenvalue weighted by Crippen LogP contribution is -2.57. The molecule has 0 bridgehead atoms. The summed E-state index contributed by atoms with van der Waals surface area (Å²) in [6, 6.07) is 0. The summed E-state index contributed by atoms with van der Waals surface area (Å²) in [7, 11) is 0. The normalized spacial score (nSPS) is 30.5. The third-order valence-electron chi connectivity index (χ3n) is 3.12. The van der Waals surface area contributed by atoms with Crippen LogP contribution >= 0.6 is 0 Å². The van der Waals surface area contributed by atoms with Gasteiger partial charge in [0.2, 0.25) is 0 Å². The molecule has 4 nitrogen and oxygen atoms in total. The van der Waals surface area contributed by atoms with Crippen molar-refractivity contribution >= 4 is 5.91 Å². The topological polar surface area (TPSA) is 38.8 Å². The minimum Gasteiger partial charge on any atom is -0.377 e. The van der Waals surface area contributed by atoms with Crippen molar-refractivity contribution in [2.75, 3.05) is 26.4 Å². The molecule has 2 aliphatic rings. The average Bonchev–Trinajstić information content (AvgIpc) is 2.69. The highest BCUT2D eigenvalue weighted by atomic mass is 16.5. The van der Waals surface area contributed by atoms with E-state index in [-0.39, 0.29) is 17.6 Å². The van der Waals surface area contributed by atoms with Crippen LogP contribution in [0.25, 0.3) is 0 Å². The van der Waals surface area contributed by atoms with E-state index in [1.807, 2.05) is 18.7 Å². The van der Waals surface area contributed by atoms with Crippen LogP contribution in [0.2, 0.25) is 0 Å². The van der Waals surface area contributed by atoms with Crippen molar-refractivity contribution in [3.63, 3.8) is 0 Å². The fourth-order valence-electron chi connectivity index (χ4n) is 2.21. The molecule has 2 aliphatic heterocycles. The second-order valence-corrected chi connectivity index (χ2v) is 4.86. The quantitative estimate of drug-likeness (QED) is 0.647. The van der Waals surface area contributed by atoms with Gasteiger partial charge in [-0.25, -0.2) is 0 Å². The van der Waals surface area contributed by atoms with Gasteiger partial charge in [-0.05, 0) is 26.7 Å². The number of hydrogen-bond donors (Lipinski definition) is 0. The van der Waals surface area contributed by atoms with Gasteiger partial charge in [-0.15, -0.1) is 0 Å². The Bertz CT molecular complexity index is 246. The first kappa shape index (κ1) is 10.9. The zero-order chi connectivity index (χ0) is 10.9. The Morgan fingerprint density at radius 1 is 1.40 bits per heavy atom. The van der Waals surface area contributed by atoms with Gasteiger partial charge < -0.3 is 14.4 Å². The molecule has 86 valence electrons. The highest BCUT2D eigenvalue weighted by Crippen LogP contribution is 2.23. The van der Waals surface area contributed by atoms with E-state index in [0.717, 1.165) is 19.4 Å². The van der Waals surface area contributed by atoms with Crippen LogP contribution in [-0.4, -0.2) is 48.8 Å². The molecule has 0 aromatic rings. The van der Waals surface area contributed by atoms with E-state index in [2.05, 4.69) is 0 Å². The fourth-order valence-corrected chi connectivity index (χ4v) is 2.21. The Labute approximate surface area is 90.5 Å². The first-order valence-corrected chi connectivity index (χ1v) is 5.62. The number of carbonyl (C=O) groups is 1. The molecule has 2 saturated heterocycles. The number of amides is 1. The zero-order valence-corrected chi connectivity index (χ0v) is 9.49. The van der Waals surface area contributed by atoms with E-state index in [0.29, 0.717) is 19.8 Å². The summed E-state index contributed by atoms with van der Waals surface area (Å²) in [6.45, 7) is 6.75. The predicted molar refractivity (Wildman–Crippen MR) is 55.6 cm³/mol. The van der Waals surface area contributed by atoms with Crippen molar-refractivity contribution in [3.8, 4) is 0 Å². The Kier molecular flexibility index (Phi) is 2.98. The smallest absolute Gasteiger partial charge is 0.252 e. The lowest BCUT2D eigenvalue weighted by molar-refractivity contribution is -0.155. The highest BCUT2D eigenvalue weighted by Gasteiger charge is 2.38. The van der Waals surface area contributed by atoms with E-state index in [1.165, 1.54) is 0 Å². The van der Waals surface area contributed by atoms with Gasteiger partial charge in [0.1, 0.15) is 6.10 Å². The van der Waals surface area contributed by atoms with Gasteiger partial charge in [-0.2, -0.15) is 0 Å². The van der Waals surface area contributed by atoms with Crippen molar-refractivity contribution in [3.05, 3.63) is 0 Å². The maximum absolute atomic E-state index is 12.2. The van der Waals surface area contributed by atoms with Gasteiger partial charge in [0.15, 0.2) is 0 Å². The molecule has 0 saturated carbocycles. The summed E-state index contributed by atoms with van der Waals surface area (Å²) in [5.74, 6) is 0.140. The van der Waals surface area contributed by atoms with Gasteiger partial charge in [0.25, 0.3) is 5.91 Å². The Hall–Kier alpha value is -0.610. The molecule has 2 heterocycles. The largest absolute Gasteiger partial charge is 0.377 e. The molecule has 0 N–H and O–H groups in total. The lowest BCUT2D eigenvalue weighted by atomic mass is 10.0. The zero-order valence-electron chi connectivity index (χ0n) is 9.49. The molecular formula is C11H19NO3. The number of hydrogen-bond acceptors (Lipinski definition) is 3. The third kappa shape index (κ3) is 2.16. The van der Waals surface area contributed by atoms with E-state index in [4.69, 9.17) is 9.47 Å². The molecule has 1 amide bonds. The van der Waals surface area contributed by atoms with Crippen LogP contribution in [0, 0.1) is 0 Å². The van der Waals surface area contributed by atoms with Crippen molar-refractivity contribution in [1.82, 2.24) is 4.90 Å². The molecule has 0 unspecified atom stereocenters. The minimum atomic E-state index is -0.206. The van der Waals surface area contributed by atoms with Gasteiger partial charge in [0.05, 0.1) is 18.8 Å². The van der Waals surface area contributed by atoms with Crippen molar-refractivity contribution in [1.29, 1.82) is 0 Å². The van der Waals surface area contributed by atoms with Crippen molar-refractivity contribution in [2.45, 2.75) is 38.3 Å². The second kappa shape index (κ2) is 4.10. The van der Waals surface area contributed by atoms with Crippen LogP contribution in [-0.2, 0) is 14.3 Å². The first-order valence-electron chi connectivity index (χ1n) is 5.62. The van der Waals surface area contributed by atoms with Gasteiger partial charge >= 0.3 is 0 Å². The fraction of sp³-hybridized carbons (Fsp3) is 0.909. The Balaban J connectivity index is 2.04. The number of nitrogens with zero attached hydrogens (tertiary/aromatic N) is 1. The monoisotopic (exact) mass is 213 g/mol. The predicted octanol–water partition coefficient (Wildman–Crippen LogP) is 0.803. The minimum absolute atomic E-state index is 0.140. The van der Waals surface area contributed by atoms with E-state index >= 15 is 0 Å². The van der Waals surface area contributed by atoms with E-state index in [1.54, 1.807) is 0 Å². The summed E-state index contributed by atoms with van der Waals surface area (Å²) in [4.78, 5) is 14.1. The molecule has 15 heavy (non-hydrogen) atoms. The average molecular weight is 213 g/mol. The number of carbonyl (C=O) groups excluding carboxylic acids is 1. The van der Waals surface area contributed by atoms with Gasteiger partial charge in [-0.3, -0.25) is 4.79 Å². The molecule has 2 rings (SSSR count). The molecule has 0 radical (unpaired) electrons. The summed E-state index contributed by atoms with van der Waals surface area (Å²) in [6.07, 6.45) is 1.66. The van der Waals surface area contributed by atoms with Crippen LogP contribution in [0.3, 0.4) is 0 Å². The summed E-state index contributed by atoms with van der Waals surface area (Å²) < 4.78 is 10.8. The molecule has 1 atom stereocenters. The Morgan fingerprint density at radius 3 is 2.80 bits per heavy atom. The van der Waals surface area contributed by atoms with Crippen molar-refractivity contribution in [2.24, 2.45) is 0 Å². The molecule has 0 aromatic heterocycles. The van der Waals surface area contributed by atoms with Crippen molar-refractivity contribution < 1.29 is 14.3 Å². The summed E-state index contributed by atoms with van der Waals surface area (Å²) >= 11 is 0. The van der Waals surface area contributed by atoms with Crippen LogP contribution in [0.4, 0.5) is 0 Å². The number of ether oxygens (including phenoxy) is 2. The van der Waals surface area contributed by atoms with Crippen LogP contribution in [0.5, 0.6) is 0 Å². The third-order valence-corrected chi connectivity index (χ3v) is 3.12. The molecule has 0 aromatic carbocycles. The maximum Gasteiger partial charge on any atom is 0.252 e. The van der Waals surface area contributed by atoms with Crippen LogP contribution in [0.15, 0.2) is 0 Å². The number of morpholine rings is 1. The SMILES string of the molecule is CC1(C)COCCN1C(=O)[C@@H]1CCCO1. The molecule has 4 heteroatoms. The molecule has 0 spiro atoms. The van der Waals surface area contributed by atoms with Crippen LogP contribution < -0.4 is 0 Å². The van der Waals surface area contributed by atoms with E-state index < -0.39 is 0 Å². The summed E-state index contributed by atoms with van der Waals surface area (Å²) in [5, 5.41) is 0. The first-order chi connectivity index (χ1) is 7.11. The molecule has 0 aliphatic carbocycles. The molecular weight excluding hydrogens is 194 g/mol.